The topological polar surface area (TPSA) is 0 Å². The van der Waals surface area contributed by atoms with Gasteiger partial charge in [0.1, 0.15) is 0 Å². The van der Waals surface area contributed by atoms with Crippen LogP contribution in [0.1, 0.15) is 19.4 Å². The summed E-state index contributed by atoms with van der Waals surface area (Å²) in [6.45, 7) is 4.14. The van der Waals surface area contributed by atoms with Crippen molar-refractivity contribution in [3.8, 4) is 0 Å². The lowest BCUT2D eigenvalue weighted by atomic mass is 10.1. The van der Waals surface area contributed by atoms with Gasteiger partial charge in [0.05, 0.1) is 0 Å². The maximum Gasteiger partial charge on any atom is -0.00236 e. The van der Waals surface area contributed by atoms with E-state index in [1.807, 2.05) is 6.07 Å². The van der Waals surface area contributed by atoms with E-state index < -0.39 is 0 Å². The molecule has 0 aliphatic rings. The SMILES string of the molecule is CC(C)=[C]Cc1ccccc1. The molecule has 0 unspecified atom stereocenters. The minimum atomic E-state index is 0.934. The lowest BCUT2D eigenvalue weighted by molar-refractivity contribution is 1.17. The summed E-state index contributed by atoms with van der Waals surface area (Å²) in [5.41, 5.74) is 2.59. The van der Waals surface area contributed by atoms with Gasteiger partial charge in [0, 0.05) is 0 Å². The van der Waals surface area contributed by atoms with Crippen molar-refractivity contribution >= 4 is 0 Å². The van der Waals surface area contributed by atoms with Crippen molar-refractivity contribution in [2.45, 2.75) is 20.3 Å². The first-order chi connectivity index (χ1) is 5.29. The Kier molecular flexibility index (Phi) is 2.91. The zero-order chi connectivity index (χ0) is 8.10. The first-order valence-electron chi connectivity index (χ1n) is 3.87. The maximum atomic E-state index is 3.28. The summed E-state index contributed by atoms with van der Waals surface area (Å²) in [4.78, 5) is 0. The van der Waals surface area contributed by atoms with Crippen LogP contribution in [0.5, 0.6) is 0 Å². The fraction of sp³-hybridized carbons (Fsp3) is 0.273. The van der Waals surface area contributed by atoms with Crippen LogP contribution in [0.25, 0.3) is 0 Å². The number of hydrogen-bond donors (Lipinski definition) is 0. The highest BCUT2D eigenvalue weighted by Crippen LogP contribution is 2.01. The molecule has 0 N–H and O–H groups in total. The minimum absolute atomic E-state index is 0.934. The largest absolute Gasteiger partial charge is 0.0726 e. The number of allylic oxidation sites excluding steroid dienone is 2. The minimum Gasteiger partial charge on any atom is -0.0726 e. The molecule has 1 aromatic carbocycles. The van der Waals surface area contributed by atoms with Crippen LogP contribution in [0.2, 0.25) is 0 Å². The van der Waals surface area contributed by atoms with Crippen LogP contribution >= 0.6 is 0 Å². The van der Waals surface area contributed by atoms with E-state index in [2.05, 4.69) is 44.2 Å². The van der Waals surface area contributed by atoms with Crippen molar-refractivity contribution < 1.29 is 0 Å². The molecule has 0 nitrogen and oxygen atoms in total. The van der Waals surface area contributed by atoms with Gasteiger partial charge in [0.2, 0.25) is 0 Å². The molecular formula is C11H13. The molecule has 0 bridgehead atoms. The van der Waals surface area contributed by atoms with Gasteiger partial charge in [-0.2, -0.15) is 0 Å². The Labute approximate surface area is 68.6 Å². The van der Waals surface area contributed by atoms with E-state index in [4.69, 9.17) is 0 Å². The summed E-state index contributed by atoms with van der Waals surface area (Å²) < 4.78 is 0. The first-order valence-corrected chi connectivity index (χ1v) is 3.87. The van der Waals surface area contributed by atoms with Crippen LogP contribution in [0.4, 0.5) is 0 Å². The smallest absolute Gasteiger partial charge is 0.00236 e. The molecule has 0 fully saturated rings. The molecule has 0 aromatic heterocycles. The second kappa shape index (κ2) is 3.97. The fourth-order valence-electron chi connectivity index (χ4n) is 0.875. The molecule has 0 heterocycles. The Hall–Kier alpha value is -1.04. The summed E-state index contributed by atoms with van der Waals surface area (Å²) in [5, 5.41) is 0. The van der Waals surface area contributed by atoms with E-state index in [9.17, 15) is 0 Å². The van der Waals surface area contributed by atoms with Crippen molar-refractivity contribution in [2.24, 2.45) is 0 Å². The predicted octanol–water partition coefficient (Wildman–Crippen LogP) is 3.00. The van der Waals surface area contributed by atoms with Gasteiger partial charge in [-0.3, -0.25) is 0 Å². The second-order valence-corrected chi connectivity index (χ2v) is 2.84. The number of benzene rings is 1. The summed E-state index contributed by atoms with van der Waals surface area (Å²) in [7, 11) is 0. The third kappa shape index (κ3) is 3.03. The van der Waals surface area contributed by atoms with Gasteiger partial charge in [-0.15, -0.1) is 0 Å². The van der Waals surface area contributed by atoms with E-state index in [1.165, 1.54) is 11.1 Å². The normalized spacial score (nSPS) is 9.27. The Morgan fingerprint density at radius 3 is 2.36 bits per heavy atom. The molecular weight excluding hydrogens is 132 g/mol. The van der Waals surface area contributed by atoms with E-state index in [0.29, 0.717) is 0 Å². The fourth-order valence-corrected chi connectivity index (χ4v) is 0.875. The average Bonchev–Trinajstić information content (AvgIpc) is 2.03. The Balaban J connectivity index is 2.59. The molecule has 0 aliphatic heterocycles. The van der Waals surface area contributed by atoms with Crippen molar-refractivity contribution in [3.63, 3.8) is 0 Å². The summed E-state index contributed by atoms with van der Waals surface area (Å²) >= 11 is 0. The third-order valence-corrected chi connectivity index (χ3v) is 1.49. The van der Waals surface area contributed by atoms with E-state index in [0.717, 1.165) is 6.42 Å². The standard InChI is InChI=1S/C11H13/c1-10(2)8-9-11-6-4-3-5-7-11/h3-7H,9H2,1-2H3. The molecule has 57 valence electrons. The predicted molar refractivity (Wildman–Crippen MR) is 48.3 cm³/mol. The van der Waals surface area contributed by atoms with Crippen LogP contribution in [0.3, 0.4) is 0 Å². The van der Waals surface area contributed by atoms with Gasteiger partial charge in [-0.1, -0.05) is 35.9 Å². The van der Waals surface area contributed by atoms with E-state index in [1.54, 1.807) is 0 Å². The van der Waals surface area contributed by atoms with Crippen LogP contribution < -0.4 is 0 Å². The quantitative estimate of drug-likeness (QED) is 0.600. The summed E-state index contributed by atoms with van der Waals surface area (Å²) in [6.07, 6.45) is 4.21. The van der Waals surface area contributed by atoms with Gasteiger partial charge < -0.3 is 0 Å². The highest BCUT2D eigenvalue weighted by molar-refractivity contribution is 5.16. The molecule has 0 amide bonds. The molecule has 1 rings (SSSR count). The van der Waals surface area contributed by atoms with Crippen molar-refractivity contribution in [1.29, 1.82) is 0 Å². The lowest BCUT2D eigenvalue weighted by Crippen LogP contribution is -1.80. The molecule has 0 saturated heterocycles. The highest BCUT2D eigenvalue weighted by atomic mass is 13.9. The van der Waals surface area contributed by atoms with Gasteiger partial charge in [-0.25, -0.2) is 0 Å². The third-order valence-electron chi connectivity index (χ3n) is 1.49. The van der Waals surface area contributed by atoms with Gasteiger partial charge in [0.25, 0.3) is 0 Å². The molecule has 11 heavy (non-hydrogen) atoms. The van der Waals surface area contributed by atoms with Crippen LogP contribution in [0, 0.1) is 6.08 Å². The van der Waals surface area contributed by atoms with Crippen LogP contribution in [0.15, 0.2) is 35.9 Å². The summed E-state index contributed by atoms with van der Waals surface area (Å²) in [5.74, 6) is 0. The molecule has 0 spiro atoms. The Morgan fingerprint density at radius 2 is 1.82 bits per heavy atom. The van der Waals surface area contributed by atoms with Crippen molar-refractivity contribution in [3.05, 3.63) is 47.5 Å². The van der Waals surface area contributed by atoms with Gasteiger partial charge >= 0.3 is 0 Å². The molecule has 1 aromatic rings. The second-order valence-electron chi connectivity index (χ2n) is 2.84. The maximum absolute atomic E-state index is 3.28. The molecule has 0 heteroatoms. The lowest BCUT2D eigenvalue weighted by Gasteiger charge is -1.93. The molecule has 0 atom stereocenters. The zero-order valence-electron chi connectivity index (χ0n) is 7.09. The van der Waals surface area contributed by atoms with E-state index in [-0.39, 0.29) is 0 Å². The summed E-state index contributed by atoms with van der Waals surface area (Å²) in [6, 6.07) is 10.4. The number of hydrogen-bond acceptors (Lipinski definition) is 0. The first kappa shape index (κ1) is 8.06. The van der Waals surface area contributed by atoms with Crippen molar-refractivity contribution in [2.75, 3.05) is 0 Å². The van der Waals surface area contributed by atoms with Crippen molar-refractivity contribution in [1.82, 2.24) is 0 Å². The molecule has 0 saturated carbocycles. The van der Waals surface area contributed by atoms with Gasteiger partial charge in [-0.05, 0) is 31.9 Å². The van der Waals surface area contributed by atoms with Crippen LogP contribution in [-0.4, -0.2) is 0 Å². The molecule has 1 radical (unpaired) electrons. The van der Waals surface area contributed by atoms with Gasteiger partial charge in [0.15, 0.2) is 0 Å². The van der Waals surface area contributed by atoms with E-state index >= 15 is 0 Å². The Bertz CT molecular complexity index is 227. The monoisotopic (exact) mass is 145 g/mol. The highest BCUT2D eigenvalue weighted by Gasteiger charge is 1.86. The zero-order valence-corrected chi connectivity index (χ0v) is 7.09. The number of rotatable bonds is 2. The average molecular weight is 145 g/mol. The van der Waals surface area contributed by atoms with Crippen LogP contribution in [-0.2, 0) is 6.42 Å². The Morgan fingerprint density at radius 1 is 1.18 bits per heavy atom. The molecule has 0 aliphatic carbocycles.